The van der Waals surface area contributed by atoms with Crippen molar-refractivity contribution in [3.8, 4) is 0 Å². The Balaban J connectivity index is 1.43. The van der Waals surface area contributed by atoms with E-state index in [9.17, 15) is 4.79 Å². The molecule has 9 rings (SSSR count). The third kappa shape index (κ3) is 2.79. The molecule has 0 heterocycles. The van der Waals surface area contributed by atoms with Crippen LogP contribution < -0.4 is 0 Å². The molecule has 0 fully saturated rings. The third-order valence-corrected chi connectivity index (χ3v) is 9.60. The Morgan fingerprint density at radius 2 is 0.725 bits per heavy atom. The SMILES string of the molecule is O=C1C2c3ccccc3C(c3ccccc3)c3ccc4ccc5c(c4c32)C1c1ccccc1C5c1ccccc1. The molecule has 3 aliphatic rings. The van der Waals surface area contributed by atoms with Gasteiger partial charge in [-0.1, -0.05) is 133 Å². The Morgan fingerprint density at radius 1 is 0.350 bits per heavy atom. The van der Waals surface area contributed by atoms with Gasteiger partial charge in [0.2, 0.25) is 0 Å². The maximum absolute atomic E-state index is 15.0. The first-order chi connectivity index (χ1) is 19.8. The molecule has 0 aromatic heterocycles. The van der Waals surface area contributed by atoms with Gasteiger partial charge in [-0.05, 0) is 66.4 Å². The quantitative estimate of drug-likeness (QED) is 0.228. The summed E-state index contributed by atoms with van der Waals surface area (Å²) in [5, 5.41) is 2.54. The zero-order chi connectivity index (χ0) is 26.4. The standard InChI is InChI=1S/C39H26O/c40-39-37-28-17-9-7-15-26(28)32(23-11-3-1-4-12-23)30-21-19-25-20-22-31-33(24-13-5-2-6-14-24)27-16-8-10-18-29(27)38(39)36(31)34(25)35(30)37/h1-22,32-33,37-38H. The van der Waals surface area contributed by atoms with Crippen LogP contribution in [-0.4, -0.2) is 5.78 Å². The minimum atomic E-state index is -0.260. The number of benzene rings is 6. The molecule has 4 atom stereocenters. The van der Waals surface area contributed by atoms with Crippen LogP contribution in [-0.2, 0) is 4.79 Å². The molecule has 0 amide bonds. The summed E-state index contributed by atoms with van der Waals surface area (Å²) in [4.78, 5) is 15.0. The molecular weight excluding hydrogens is 484 g/mol. The van der Waals surface area contributed by atoms with E-state index in [0.717, 1.165) is 0 Å². The maximum Gasteiger partial charge on any atom is 0.156 e. The zero-order valence-corrected chi connectivity index (χ0v) is 21.9. The number of ketones is 1. The highest BCUT2D eigenvalue weighted by Crippen LogP contribution is 2.59. The summed E-state index contributed by atoms with van der Waals surface area (Å²) in [7, 11) is 0. The molecule has 0 saturated heterocycles. The number of hydrogen-bond donors (Lipinski definition) is 0. The highest BCUT2D eigenvalue weighted by Gasteiger charge is 2.48. The molecule has 6 aromatic carbocycles. The topological polar surface area (TPSA) is 17.1 Å². The molecule has 0 bridgehead atoms. The average molecular weight is 511 g/mol. The average Bonchev–Trinajstić information content (AvgIpc) is 3.02. The lowest BCUT2D eigenvalue weighted by molar-refractivity contribution is -0.120. The van der Waals surface area contributed by atoms with E-state index < -0.39 is 0 Å². The molecule has 4 unspecified atom stereocenters. The fourth-order valence-electron chi connectivity index (χ4n) is 8.12. The number of carbonyl (C=O) groups excluding carboxylic acids is 1. The lowest BCUT2D eigenvalue weighted by Crippen LogP contribution is -2.35. The van der Waals surface area contributed by atoms with E-state index >= 15 is 0 Å². The highest BCUT2D eigenvalue weighted by atomic mass is 16.1. The van der Waals surface area contributed by atoms with E-state index in [4.69, 9.17) is 0 Å². The van der Waals surface area contributed by atoms with Crippen molar-refractivity contribution < 1.29 is 4.79 Å². The van der Waals surface area contributed by atoms with Gasteiger partial charge in [-0.15, -0.1) is 0 Å². The fraction of sp³-hybridized carbons (Fsp3) is 0.103. The minimum Gasteiger partial charge on any atom is -0.298 e. The molecule has 1 heteroatoms. The van der Waals surface area contributed by atoms with E-state index in [2.05, 4.69) is 133 Å². The molecule has 0 spiro atoms. The molecule has 0 radical (unpaired) electrons. The second-order valence-electron chi connectivity index (χ2n) is 11.4. The van der Waals surface area contributed by atoms with Gasteiger partial charge in [-0.3, -0.25) is 4.79 Å². The fourth-order valence-corrected chi connectivity index (χ4v) is 8.12. The van der Waals surface area contributed by atoms with E-state index in [1.54, 1.807) is 0 Å². The monoisotopic (exact) mass is 510 g/mol. The number of hydrogen-bond acceptors (Lipinski definition) is 1. The van der Waals surface area contributed by atoms with Crippen molar-refractivity contribution in [3.05, 3.63) is 189 Å². The maximum atomic E-state index is 15.0. The van der Waals surface area contributed by atoms with Crippen LogP contribution in [0.4, 0.5) is 0 Å². The van der Waals surface area contributed by atoms with Gasteiger partial charge in [0, 0.05) is 11.8 Å². The summed E-state index contributed by atoms with van der Waals surface area (Å²) in [5.74, 6) is 0.00242. The first kappa shape index (κ1) is 22.1. The van der Waals surface area contributed by atoms with Crippen molar-refractivity contribution in [3.63, 3.8) is 0 Å². The van der Waals surface area contributed by atoms with Crippen LogP contribution in [0.1, 0.15) is 79.3 Å². The Kier molecular flexibility index (Phi) is 4.49. The van der Waals surface area contributed by atoms with Gasteiger partial charge >= 0.3 is 0 Å². The Bertz CT molecular complexity index is 1850. The number of fused-ring (bicyclic) bond motifs is 4. The van der Waals surface area contributed by atoms with Gasteiger partial charge in [0.1, 0.15) is 0 Å². The second kappa shape index (κ2) is 8.13. The molecule has 0 N–H and O–H groups in total. The van der Waals surface area contributed by atoms with Gasteiger partial charge in [0.15, 0.2) is 5.78 Å². The third-order valence-electron chi connectivity index (χ3n) is 9.60. The van der Waals surface area contributed by atoms with Crippen LogP contribution in [0.25, 0.3) is 10.8 Å². The van der Waals surface area contributed by atoms with Crippen LogP contribution in [0.2, 0.25) is 0 Å². The van der Waals surface area contributed by atoms with Gasteiger partial charge < -0.3 is 0 Å². The Labute approximate surface area is 233 Å². The minimum absolute atomic E-state index is 0.106. The van der Waals surface area contributed by atoms with E-state index in [0.29, 0.717) is 5.78 Å². The predicted molar refractivity (Wildman–Crippen MR) is 160 cm³/mol. The van der Waals surface area contributed by atoms with Crippen molar-refractivity contribution >= 4 is 16.6 Å². The van der Waals surface area contributed by atoms with E-state index in [1.807, 2.05) is 0 Å². The van der Waals surface area contributed by atoms with Gasteiger partial charge in [-0.2, -0.15) is 0 Å². The number of carbonyl (C=O) groups is 1. The Hall–Kier alpha value is -4.75. The van der Waals surface area contributed by atoms with E-state index in [1.165, 1.54) is 66.4 Å². The molecule has 0 aliphatic heterocycles. The van der Waals surface area contributed by atoms with Crippen molar-refractivity contribution in [1.29, 1.82) is 0 Å². The van der Waals surface area contributed by atoms with Crippen LogP contribution in [0.5, 0.6) is 0 Å². The van der Waals surface area contributed by atoms with Crippen LogP contribution in [0.15, 0.2) is 133 Å². The van der Waals surface area contributed by atoms with Crippen LogP contribution >= 0.6 is 0 Å². The molecule has 188 valence electrons. The zero-order valence-electron chi connectivity index (χ0n) is 21.9. The Morgan fingerprint density at radius 3 is 1.15 bits per heavy atom. The van der Waals surface area contributed by atoms with Crippen molar-refractivity contribution in [1.82, 2.24) is 0 Å². The summed E-state index contributed by atoms with van der Waals surface area (Å²) in [6.07, 6.45) is 0. The predicted octanol–water partition coefficient (Wildman–Crippen LogP) is 8.67. The molecule has 3 aliphatic carbocycles. The lowest BCUT2D eigenvalue weighted by Gasteiger charge is -2.43. The lowest BCUT2D eigenvalue weighted by atomic mass is 9.58. The highest BCUT2D eigenvalue weighted by molar-refractivity contribution is 6.11. The van der Waals surface area contributed by atoms with Crippen LogP contribution in [0, 0.1) is 0 Å². The number of Topliss-reactive ketones (excluding diaryl/α,β-unsaturated/α-hetero) is 1. The second-order valence-corrected chi connectivity index (χ2v) is 11.4. The van der Waals surface area contributed by atoms with Gasteiger partial charge in [0.25, 0.3) is 0 Å². The normalized spacial score (nSPS) is 21.6. The molecule has 6 aromatic rings. The molecule has 40 heavy (non-hydrogen) atoms. The summed E-state index contributed by atoms with van der Waals surface area (Å²) in [6, 6.07) is 48.1. The first-order valence-corrected chi connectivity index (χ1v) is 14.2. The number of rotatable bonds is 2. The van der Waals surface area contributed by atoms with Crippen molar-refractivity contribution in [2.75, 3.05) is 0 Å². The largest absolute Gasteiger partial charge is 0.298 e. The summed E-state index contributed by atoms with van der Waals surface area (Å²) in [5.41, 5.74) is 12.4. The van der Waals surface area contributed by atoms with Crippen molar-refractivity contribution in [2.24, 2.45) is 0 Å². The molecule has 0 saturated carbocycles. The summed E-state index contributed by atoms with van der Waals surface area (Å²) in [6.45, 7) is 0. The molecular formula is C39H26O. The van der Waals surface area contributed by atoms with Crippen molar-refractivity contribution in [2.45, 2.75) is 23.7 Å². The van der Waals surface area contributed by atoms with E-state index in [-0.39, 0.29) is 23.7 Å². The first-order valence-electron chi connectivity index (χ1n) is 14.2. The van der Waals surface area contributed by atoms with Gasteiger partial charge in [0.05, 0.1) is 11.8 Å². The van der Waals surface area contributed by atoms with Gasteiger partial charge in [-0.25, -0.2) is 0 Å². The summed E-state index contributed by atoms with van der Waals surface area (Å²) < 4.78 is 0. The summed E-state index contributed by atoms with van der Waals surface area (Å²) >= 11 is 0. The molecule has 1 nitrogen and oxygen atoms in total. The smallest absolute Gasteiger partial charge is 0.156 e. The van der Waals surface area contributed by atoms with Crippen LogP contribution in [0.3, 0.4) is 0 Å².